The Labute approximate surface area is 162 Å². The molecule has 5 nitrogen and oxygen atoms in total. The number of nitrogens with one attached hydrogen (secondary N) is 3. The van der Waals surface area contributed by atoms with E-state index in [1.807, 2.05) is 24.3 Å². The number of hydrogen-bond donors (Lipinski definition) is 4. The Morgan fingerprint density at radius 3 is 2.32 bits per heavy atom. The van der Waals surface area contributed by atoms with Crippen molar-refractivity contribution in [2.45, 2.75) is 18.5 Å². The Morgan fingerprint density at radius 1 is 0.857 bits per heavy atom. The third-order valence-electron chi connectivity index (χ3n) is 5.60. The lowest BCUT2D eigenvalue weighted by molar-refractivity contribution is -0.991. The first-order valence-electron chi connectivity index (χ1n) is 9.44. The van der Waals surface area contributed by atoms with Crippen molar-refractivity contribution in [3.63, 3.8) is 0 Å². The highest BCUT2D eigenvalue weighted by Gasteiger charge is 2.31. The fraction of sp³-hybridized carbons (Fsp3) is 0.130. The molecule has 0 radical (unpaired) electrons. The zero-order valence-corrected chi connectivity index (χ0v) is 15.2. The lowest BCUT2D eigenvalue weighted by Crippen LogP contribution is -2.99. The van der Waals surface area contributed by atoms with Crippen molar-refractivity contribution < 1.29 is 10.4 Å². The van der Waals surface area contributed by atoms with Crippen LogP contribution in [0.2, 0.25) is 0 Å². The van der Waals surface area contributed by atoms with Gasteiger partial charge in [-0.25, -0.2) is 5.21 Å². The van der Waals surface area contributed by atoms with Gasteiger partial charge in [-0.15, -0.1) is 0 Å². The Morgan fingerprint density at radius 2 is 1.57 bits per heavy atom. The summed E-state index contributed by atoms with van der Waals surface area (Å²) in [5.74, 6) is 0. The SMILES string of the molecule is [O-][NH+](O)c1ccc(C2NC(c3ccccc3)Cc3c2[nH]c2ccccc32)cc1. The maximum Gasteiger partial charge on any atom is 0.163 e. The van der Waals surface area contributed by atoms with E-state index in [1.54, 1.807) is 12.1 Å². The lowest BCUT2D eigenvalue weighted by Gasteiger charge is -2.32. The van der Waals surface area contributed by atoms with Gasteiger partial charge in [-0.3, -0.25) is 5.32 Å². The summed E-state index contributed by atoms with van der Waals surface area (Å²) in [5, 5.41) is 24.6. The van der Waals surface area contributed by atoms with Gasteiger partial charge < -0.3 is 10.2 Å². The van der Waals surface area contributed by atoms with E-state index in [2.05, 4.69) is 52.8 Å². The molecule has 1 aliphatic heterocycles. The summed E-state index contributed by atoms with van der Waals surface area (Å²) in [5.41, 5.74) is 6.24. The molecule has 3 aromatic carbocycles. The number of H-pyrrole nitrogens is 1. The molecule has 3 atom stereocenters. The molecule has 0 amide bonds. The predicted octanol–water partition coefficient (Wildman–Crippen LogP) is 3.55. The van der Waals surface area contributed by atoms with Crippen LogP contribution < -0.4 is 10.5 Å². The first-order chi connectivity index (χ1) is 13.7. The lowest BCUT2D eigenvalue weighted by atomic mass is 9.87. The van der Waals surface area contributed by atoms with Crippen molar-refractivity contribution in [3.05, 3.63) is 106 Å². The highest BCUT2D eigenvalue weighted by Crippen LogP contribution is 2.39. The average Bonchev–Trinajstić information content (AvgIpc) is 3.12. The third kappa shape index (κ3) is 2.91. The average molecular weight is 371 g/mol. The van der Waals surface area contributed by atoms with Crippen molar-refractivity contribution >= 4 is 16.6 Å². The smallest absolute Gasteiger partial charge is 0.163 e. The minimum atomic E-state index is -0.906. The molecule has 2 heterocycles. The molecular weight excluding hydrogens is 350 g/mol. The summed E-state index contributed by atoms with van der Waals surface area (Å²) < 4.78 is 0. The van der Waals surface area contributed by atoms with Gasteiger partial charge in [-0.2, -0.15) is 5.23 Å². The molecule has 140 valence electrons. The normalized spacial score (nSPS) is 20.1. The molecule has 0 spiro atoms. The second-order valence-electron chi connectivity index (χ2n) is 7.26. The maximum absolute atomic E-state index is 11.2. The maximum atomic E-state index is 11.2. The highest BCUT2D eigenvalue weighted by molar-refractivity contribution is 5.85. The summed E-state index contributed by atoms with van der Waals surface area (Å²) >= 11 is 0. The predicted molar refractivity (Wildman–Crippen MR) is 108 cm³/mol. The molecule has 1 aliphatic rings. The van der Waals surface area contributed by atoms with Crippen LogP contribution in [0.25, 0.3) is 10.9 Å². The van der Waals surface area contributed by atoms with Crippen molar-refractivity contribution in [2.24, 2.45) is 0 Å². The van der Waals surface area contributed by atoms with Gasteiger partial charge in [-0.1, -0.05) is 60.7 Å². The molecule has 5 rings (SSSR count). The van der Waals surface area contributed by atoms with E-state index in [0.717, 1.165) is 23.2 Å². The number of benzene rings is 3. The highest BCUT2D eigenvalue weighted by atomic mass is 16.8. The second kappa shape index (κ2) is 6.89. The van der Waals surface area contributed by atoms with Gasteiger partial charge in [0.05, 0.1) is 6.04 Å². The van der Waals surface area contributed by atoms with Crippen LogP contribution in [-0.2, 0) is 6.42 Å². The van der Waals surface area contributed by atoms with Gasteiger partial charge in [0.1, 0.15) is 0 Å². The Hall–Kier alpha value is -2.96. The zero-order valence-electron chi connectivity index (χ0n) is 15.2. The van der Waals surface area contributed by atoms with Crippen molar-refractivity contribution in [1.82, 2.24) is 10.3 Å². The molecule has 28 heavy (non-hydrogen) atoms. The quantitative estimate of drug-likeness (QED) is 0.416. The monoisotopic (exact) mass is 371 g/mol. The van der Waals surface area contributed by atoms with E-state index < -0.39 is 5.23 Å². The Balaban J connectivity index is 1.63. The minimum Gasteiger partial charge on any atom is -0.595 e. The molecule has 3 unspecified atom stereocenters. The topological polar surface area (TPSA) is 75.6 Å². The zero-order chi connectivity index (χ0) is 19.1. The van der Waals surface area contributed by atoms with Gasteiger partial charge in [0.2, 0.25) is 0 Å². The Bertz CT molecular complexity index is 1100. The molecule has 0 saturated carbocycles. The largest absolute Gasteiger partial charge is 0.595 e. The van der Waals surface area contributed by atoms with Crippen molar-refractivity contribution in [2.75, 3.05) is 0 Å². The number of para-hydroxylation sites is 1. The molecule has 0 fully saturated rings. The van der Waals surface area contributed by atoms with E-state index in [0.29, 0.717) is 5.69 Å². The molecule has 4 N–H and O–H groups in total. The fourth-order valence-corrected chi connectivity index (χ4v) is 4.22. The van der Waals surface area contributed by atoms with E-state index in [9.17, 15) is 10.4 Å². The summed E-state index contributed by atoms with van der Waals surface area (Å²) in [6.45, 7) is 0. The van der Waals surface area contributed by atoms with Crippen LogP contribution in [-0.4, -0.2) is 10.2 Å². The van der Waals surface area contributed by atoms with E-state index in [1.165, 1.54) is 16.5 Å². The minimum absolute atomic E-state index is 0.0239. The van der Waals surface area contributed by atoms with Gasteiger partial charge in [-0.05, 0) is 29.2 Å². The summed E-state index contributed by atoms with van der Waals surface area (Å²) in [4.78, 5) is 3.60. The van der Waals surface area contributed by atoms with Crippen LogP contribution in [0.3, 0.4) is 0 Å². The number of hydrogen-bond acceptors (Lipinski definition) is 3. The number of quaternary nitrogens is 1. The first-order valence-corrected chi connectivity index (χ1v) is 9.44. The summed E-state index contributed by atoms with van der Waals surface area (Å²) in [6.07, 6.45) is 0.910. The van der Waals surface area contributed by atoms with Crippen molar-refractivity contribution in [3.8, 4) is 0 Å². The summed E-state index contributed by atoms with van der Waals surface area (Å²) in [6, 6.07) is 26.2. The van der Waals surface area contributed by atoms with Crippen LogP contribution in [0.1, 0.15) is 34.5 Å². The number of aromatic nitrogens is 1. The number of aromatic amines is 1. The molecule has 1 aromatic heterocycles. The molecule has 0 bridgehead atoms. The van der Waals surface area contributed by atoms with Crippen LogP contribution in [0.15, 0.2) is 78.9 Å². The van der Waals surface area contributed by atoms with Gasteiger partial charge >= 0.3 is 0 Å². The molecule has 4 aromatic rings. The van der Waals surface area contributed by atoms with E-state index in [-0.39, 0.29) is 12.1 Å². The standard InChI is InChI=1S/C23H21N3O2/c27-26(28)17-12-10-16(11-13-17)22-23-19(18-8-4-5-9-20(18)24-23)14-21(25-22)15-6-2-1-3-7-15/h1-13,21-22,24-27H,14H2. The van der Waals surface area contributed by atoms with Crippen molar-refractivity contribution in [1.29, 1.82) is 0 Å². The van der Waals surface area contributed by atoms with E-state index in [4.69, 9.17) is 0 Å². The van der Waals surface area contributed by atoms with Gasteiger partial charge in [0, 0.05) is 34.8 Å². The molecule has 0 aliphatic carbocycles. The molecular formula is C23H21N3O2. The second-order valence-corrected chi connectivity index (χ2v) is 7.26. The summed E-state index contributed by atoms with van der Waals surface area (Å²) in [7, 11) is 0. The fourth-order valence-electron chi connectivity index (χ4n) is 4.22. The van der Waals surface area contributed by atoms with E-state index >= 15 is 0 Å². The Kier molecular flexibility index (Phi) is 4.22. The van der Waals surface area contributed by atoms with Gasteiger partial charge in [0.25, 0.3) is 0 Å². The van der Waals surface area contributed by atoms with Crippen LogP contribution in [0, 0.1) is 5.21 Å². The van der Waals surface area contributed by atoms with Crippen LogP contribution in [0.4, 0.5) is 5.69 Å². The molecule has 0 saturated heterocycles. The number of fused-ring (bicyclic) bond motifs is 3. The molecule has 5 heteroatoms. The van der Waals surface area contributed by atoms with Crippen LogP contribution >= 0.6 is 0 Å². The van der Waals surface area contributed by atoms with Gasteiger partial charge in [0.15, 0.2) is 5.69 Å². The van der Waals surface area contributed by atoms with Crippen LogP contribution in [0.5, 0.6) is 0 Å². The third-order valence-corrected chi connectivity index (χ3v) is 5.60. The number of rotatable bonds is 3. The first kappa shape index (κ1) is 17.2.